The van der Waals surface area contributed by atoms with Gasteiger partial charge in [0.2, 0.25) is 5.91 Å². The molecule has 0 aliphatic carbocycles. The van der Waals surface area contributed by atoms with Crippen molar-refractivity contribution >= 4 is 17.8 Å². The molecule has 114 valence electrons. The van der Waals surface area contributed by atoms with Gasteiger partial charge >= 0.3 is 6.03 Å². The number of carbonyl (C=O) groups excluding carboxylic acids is 3. The summed E-state index contributed by atoms with van der Waals surface area (Å²) in [5.41, 5.74) is 0. The molecule has 2 rings (SSSR count). The zero-order valence-corrected chi connectivity index (χ0v) is 12.1. The van der Waals surface area contributed by atoms with Gasteiger partial charge in [-0.15, -0.1) is 0 Å². The van der Waals surface area contributed by atoms with Gasteiger partial charge in [-0.05, 0) is 18.1 Å². The van der Waals surface area contributed by atoms with Crippen LogP contribution in [0.2, 0.25) is 0 Å². The monoisotopic (exact) mass is 293 g/mol. The molecule has 4 amide bonds. The number of hydrogen-bond donors (Lipinski definition) is 2. The summed E-state index contributed by atoms with van der Waals surface area (Å²) in [6.07, 6.45) is 1.43. The van der Waals surface area contributed by atoms with Crippen LogP contribution >= 0.6 is 0 Å². The van der Waals surface area contributed by atoms with E-state index in [1.807, 2.05) is 13.8 Å². The van der Waals surface area contributed by atoms with Gasteiger partial charge in [0.05, 0.1) is 19.2 Å². The van der Waals surface area contributed by atoms with Crippen molar-refractivity contribution in [3.8, 4) is 0 Å². The lowest BCUT2D eigenvalue weighted by atomic mass is 10.1. The molecule has 1 unspecified atom stereocenters. The van der Waals surface area contributed by atoms with Crippen molar-refractivity contribution in [2.75, 3.05) is 6.54 Å². The molecular formula is C14H19N3O4. The standard InChI is InChI=1S/C14H19N3O4/c1-9(2)7-15-12(18)6-11-13(19)17(14(20)16-11)8-10-4-3-5-21-10/h3-5,9,11H,6-8H2,1-2H3,(H,15,18)(H,16,20). The van der Waals surface area contributed by atoms with E-state index in [0.29, 0.717) is 18.2 Å². The van der Waals surface area contributed by atoms with E-state index in [1.54, 1.807) is 12.1 Å². The Morgan fingerprint density at radius 1 is 1.48 bits per heavy atom. The molecule has 0 bridgehead atoms. The minimum absolute atomic E-state index is 0.0497. The summed E-state index contributed by atoms with van der Waals surface area (Å²) in [5.74, 6) is 0.194. The number of imide groups is 1. The zero-order valence-electron chi connectivity index (χ0n) is 12.1. The Morgan fingerprint density at radius 2 is 2.24 bits per heavy atom. The lowest BCUT2D eigenvalue weighted by Crippen LogP contribution is -2.37. The first-order valence-corrected chi connectivity index (χ1v) is 6.88. The van der Waals surface area contributed by atoms with Crippen molar-refractivity contribution in [2.45, 2.75) is 32.9 Å². The second-order valence-corrected chi connectivity index (χ2v) is 5.41. The third-order valence-corrected chi connectivity index (χ3v) is 3.10. The number of carbonyl (C=O) groups is 3. The number of nitrogens with one attached hydrogen (secondary N) is 2. The van der Waals surface area contributed by atoms with Crippen LogP contribution in [-0.2, 0) is 16.1 Å². The first kappa shape index (κ1) is 15.1. The molecule has 1 aromatic rings. The van der Waals surface area contributed by atoms with Crippen LogP contribution in [0.25, 0.3) is 0 Å². The van der Waals surface area contributed by atoms with Gasteiger partial charge in [-0.1, -0.05) is 13.8 Å². The van der Waals surface area contributed by atoms with Gasteiger partial charge in [-0.25, -0.2) is 4.79 Å². The van der Waals surface area contributed by atoms with Crippen molar-refractivity contribution in [1.29, 1.82) is 0 Å². The molecule has 21 heavy (non-hydrogen) atoms. The fourth-order valence-electron chi connectivity index (χ4n) is 2.00. The maximum atomic E-state index is 12.1. The second kappa shape index (κ2) is 6.43. The van der Waals surface area contributed by atoms with Crippen molar-refractivity contribution in [3.05, 3.63) is 24.2 Å². The molecule has 7 heteroatoms. The van der Waals surface area contributed by atoms with Gasteiger partial charge < -0.3 is 15.1 Å². The molecule has 0 radical (unpaired) electrons. The van der Waals surface area contributed by atoms with Crippen molar-refractivity contribution in [2.24, 2.45) is 5.92 Å². The van der Waals surface area contributed by atoms with Crippen molar-refractivity contribution in [1.82, 2.24) is 15.5 Å². The van der Waals surface area contributed by atoms with Gasteiger partial charge in [-0.2, -0.15) is 0 Å². The Balaban J connectivity index is 1.90. The van der Waals surface area contributed by atoms with E-state index in [2.05, 4.69) is 10.6 Å². The molecule has 1 saturated heterocycles. The Morgan fingerprint density at radius 3 is 2.86 bits per heavy atom. The number of nitrogens with zero attached hydrogens (tertiary/aromatic N) is 1. The van der Waals surface area contributed by atoms with Crippen molar-refractivity contribution in [3.63, 3.8) is 0 Å². The summed E-state index contributed by atoms with van der Waals surface area (Å²) in [5, 5.41) is 5.24. The van der Waals surface area contributed by atoms with Gasteiger partial charge in [0, 0.05) is 6.54 Å². The van der Waals surface area contributed by atoms with Crippen molar-refractivity contribution < 1.29 is 18.8 Å². The lowest BCUT2D eigenvalue weighted by Gasteiger charge is -2.12. The summed E-state index contributed by atoms with van der Waals surface area (Å²) >= 11 is 0. The number of hydrogen-bond acceptors (Lipinski definition) is 4. The fraction of sp³-hybridized carbons (Fsp3) is 0.500. The first-order chi connectivity index (χ1) is 9.97. The largest absolute Gasteiger partial charge is 0.467 e. The van der Waals surface area contributed by atoms with Crippen LogP contribution in [0.15, 0.2) is 22.8 Å². The third-order valence-electron chi connectivity index (χ3n) is 3.10. The predicted octanol–water partition coefficient (Wildman–Crippen LogP) is 0.862. The van der Waals surface area contributed by atoms with Crippen LogP contribution in [0.3, 0.4) is 0 Å². The van der Waals surface area contributed by atoms with Crippen LogP contribution < -0.4 is 10.6 Å². The molecule has 7 nitrogen and oxygen atoms in total. The Bertz CT molecular complexity index is 524. The Hall–Kier alpha value is -2.31. The molecule has 2 heterocycles. The molecule has 2 N–H and O–H groups in total. The molecule has 0 spiro atoms. The van der Waals surface area contributed by atoms with Gasteiger partial charge in [-0.3, -0.25) is 14.5 Å². The highest BCUT2D eigenvalue weighted by Gasteiger charge is 2.39. The number of amides is 4. The van der Waals surface area contributed by atoms with Crippen LogP contribution in [0.4, 0.5) is 4.79 Å². The molecule has 0 aromatic carbocycles. The summed E-state index contributed by atoms with van der Waals surface area (Å²) in [6.45, 7) is 4.58. The van der Waals surface area contributed by atoms with Crippen LogP contribution in [0.5, 0.6) is 0 Å². The van der Waals surface area contributed by atoms with E-state index in [1.165, 1.54) is 6.26 Å². The fourth-order valence-corrected chi connectivity index (χ4v) is 2.00. The van der Waals surface area contributed by atoms with Gasteiger partial charge in [0.15, 0.2) is 0 Å². The number of furan rings is 1. The highest BCUT2D eigenvalue weighted by atomic mass is 16.3. The van der Waals surface area contributed by atoms with E-state index < -0.39 is 18.0 Å². The number of urea groups is 1. The molecular weight excluding hydrogens is 274 g/mol. The summed E-state index contributed by atoms with van der Waals surface area (Å²) in [4.78, 5) is 36.7. The average Bonchev–Trinajstić information content (AvgIpc) is 3.01. The summed E-state index contributed by atoms with van der Waals surface area (Å²) in [7, 11) is 0. The molecule has 1 aliphatic rings. The molecule has 1 aromatic heterocycles. The minimum atomic E-state index is -0.806. The van der Waals surface area contributed by atoms with E-state index in [0.717, 1.165) is 4.90 Å². The highest BCUT2D eigenvalue weighted by molar-refractivity contribution is 6.05. The van der Waals surface area contributed by atoms with E-state index in [-0.39, 0.29) is 18.9 Å². The van der Waals surface area contributed by atoms with Crippen LogP contribution in [0, 0.1) is 5.92 Å². The average molecular weight is 293 g/mol. The van der Waals surface area contributed by atoms with E-state index in [4.69, 9.17) is 4.42 Å². The first-order valence-electron chi connectivity index (χ1n) is 6.88. The predicted molar refractivity (Wildman–Crippen MR) is 74.0 cm³/mol. The molecule has 0 saturated carbocycles. The van der Waals surface area contributed by atoms with Crippen LogP contribution in [-0.4, -0.2) is 35.3 Å². The maximum Gasteiger partial charge on any atom is 0.325 e. The third kappa shape index (κ3) is 3.84. The van der Waals surface area contributed by atoms with Gasteiger partial charge in [0.1, 0.15) is 11.8 Å². The zero-order chi connectivity index (χ0) is 15.4. The lowest BCUT2D eigenvalue weighted by molar-refractivity contribution is -0.131. The smallest absolute Gasteiger partial charge is 0.325 e. The SMILES string of the molecule is CC(C)CNC(=O)CC1NC(=O)N(Cc2ccco2)C1=O. The summed E-state index contributed by atoms with van der Waals surface area (Å²) < 4.78 is 5.12. The molecule has 1 aliphatic heterocycles. The second-order valence-electron chi connectivity index (χ2n) is 5.41. The normalized spacial score (nSPS) is 18.2. The highest BCUT2D eigenvalue weighted by Crippen LogP contribution is 2.14. The maximum absolute atomic E-state index is 12.1. The van der Waals surface area contributed by atoms with E-state index >= 15 is 0 Å². The number of rotatable bonds is 6. The topological polar surface area (TPSA) is 91.7 Å². The minimum Gasteiger partial charge on any atom is -0.467 e. The Labute approximate surface area is 122 Å². The quantitative estimate of drug-likeness (QED) is 0.761. The van der Waals surface area contributed by atoms with Crippen LogP contribution in [0.1, 0.15) is 26.0 Å². The Kier molecular flexibility index (Phi) is 4.62. The molecule has 1 fully saturated rings. The molecule has 1 atom stereocenters. The van der Waals surface area contributed by atoms with Gasteiger partial charge in [0.25, 0.3) is 5.91 Å². The summed E-state index contributed by atoms with van der Waals surface area (Å²) in [6, 6.07) is 2.06. The van der Waals surface area contributed by atoms with E-state index in [9.17, 15) is 14.4 Å².